The van der Waals surface area contributed by atoms with E-state index in [1.807, 2.05) is 0 Å². The molecule has 1 saturated carbocycles. The quantitative estimate of drug-likeness (QED) is 0.674. The average Bonchev–Trinajstić information content (AvgIpc) is 2.83. The number of hydrogen-bond acceptors (Lipinski definition) is 2. The molecule has 0 aromatic rings. The predicted molar refractivity (Wildman–Crippen MR) is 76.4 cm³/mol. The van der Waals surface area contributed by atoms with Crippen LogP contribution in [0.25, 0.3) is 0 Å². The van der Waals surface area contributed by atoms with Gasteiger partial charge in [-0.1, -0.05) is 33.6 Å². The van der Waals surface area contributed by atoms with Crippen LogP contribution in [0, 0.1) is 0 Å². The first-order valence-electron chi connectivity index (χ1n) is 7.43. The largest absolute Gasteiger partial charge is 0.481 e. The first-order chi connectivity index (χ1) is 8.51. The minimum absolute atomic E-state index is 0.105. The molecule has 1 N–H and O–H groups in total. The number of carbonyl (C=O) groups is 1. The Hall–Kier alpha value is -0.353. The Balaban J connectivity index is 2.74. The Bertz CT molecular complexity index is 260. The van der Waals surface area contributed by atoms with Crippen molar-refractivity contribution in [2.24, 2.45) is 0 Å². The molecule has 0 aromatic heterocycles. The van der Waals surface area contributed by atoms with Crippen LogP contribution in [0.4, 0.5) is 0 Å². The average molecular weight is 272 g/mol. The van der Waals surface area contributed by atoms with E-state index in [9.17, 15) is 4.79 Å². The molecule has 0 bridgehead atoms. The van der Waals surface area contributed by atoms with Gasteiger partial charge in [0.05, 0.1) is 5.60 Å². The lowest BCUT2D eigenvalue weighted by atomic mass is 9.96. The van der Waals surface area contributed by atoms with Gasteiger partial charge in [0.15, 0.2) is 8.32 Å². The summed E-state index contributed by atoms with van der Waals surface area (Å²) in [5.41, 5.74) is -0.105. The van der Waals surface area contributed by atoms with Crippen LogP contribution in [0.5, 0.6) is 0 Å². The molecule has 18 heavy (non-hydrogen) atoms. The number of carboxylic acid groups (broad SMARTS) is 1. The summed E-state index contributed by atoms with van der Waals surface area (Å²) in [6.45, 7) is 6.71. The zero-order chi connectivity index (χ0) is 13.6. The maximum Gasteiger partial charge on any atom is 0.303 e. The number of hydrogen-bond donors (Lipinski definition) is 1. The monoisotopic (exact) mass is 272 g/mol. The van der Waals surface area contributed by atoms with Gasteiger partial charge in [-0.05, 0) is 37.4 Å². The molecule has 0 amide bonds. The molecule has 0 saturated heterocycles. The molecular formula is C14H28O3Si. The Labute approximate surface area is 112 Å². The molecule has 1 rings (SSSR count). The van der Waals surface area contributed by atoms with Gasteiger partial charge in [-0.2, -0.15) is 0 Å². The molecule has 0 spiro atoms. The zero-order valence-corrected chi connectivity index (χ0v) is 13.1. The molecular weight excluding hydrogens is 244 g/mol. The van der Waals surface area contributed by atoms with Crippen LogP contribution in [0.1, 0.15) is 59.3 Å². The first-order valence-corrected chi connectivity index (χ1v) is 9.96. The standard InChI is InChI=1S/C14H28O3Si/c1-4-18(5-2,6-3)17-14(10-7-8-11-14)12-9-13(15)16/h4-12H2,1-3H3,(H,15,16). The van der Waals surface area contributed by atoms with E-state index >= 15 is 0 Å². The highest BCUT2D eigenvalue weighted by molar-refractivity contribution is 6.73. The summed E-state index contributed by atoms with van der Waals surface area (Å²) in [5, 5.41) is 8.91. The van der Waals surface area contributed by atoms with Gasteiger partial charge in [-0.25, -0.2) is 0 Å². The summed E-state index contributed by atoms with van der Waals surface area (Å²) in [7, 11) is -1.62. The first kappa shape index (κ1) is 15.7. The maximum atomic E-state index is 10.8. The Morgan fingerprint density at radius 2 is 1.67 bits per heavy atom. The van der Waals surface area contributed by atoms with Crippen molar-refractivity contribution < 1.29 is 14.3 Å². The predicted octanol–water partition coefficient (Wildman–Crippen LogP) is 4.19. The van der Waals surface area contributed by atoms with Crippen molar-refractivity contribution >= 4 is 14.3 Å². The summed E-state index contributed by atoms with van der Waals surface area (Å²) in [5.74, 6) is -0.693. The number of rotatable bonds is 8. The van der Waals surface area contributed by atoms with Gasteiger partial charge < -0.3 is 9.53 Å². The lowest BCUT2D eigenvalue weighted by Crippen LogP contribution is -2.46. The molecule has 0 atom stereocenters. The van der Waals surface area contributed by atoms with Crippen LogP contribution in [0.3, 0.4) is 0 Å². The summed E-state index contributed by atoms with van der Waals surface area (Å²) >= 11 is 0. The fraction of sp³-hybridized carbons (Fsp3) is 0.929. The molecule has 1 aliphatic carbocycles. The molecule has 0 aromatic carbocycles. The molecule has 0 aliphatic heterocycles. The lowest BCUT2D eigenvalue weighted by Gasteiger charge is -2.40. The van der Waals surface area contributed by atoms with Gasteiger partial charge in [0.1, 0.15) is 0 Å². The van der Waals surface area contributed by atoms with Gasteiger partial charge in [0.25, 0.3) is 0 Å². The SMILES string of the molecule is CC[Si](CC)(CC)OC1(CCC(=O)O)CCCC1. The van der Waals surface area contributed by atoms with E-state index < -0.39 is 14.3 Å². The third-order valence-corrected chi connectivity index (χ3v) is 9.41. The van der Waals surface area contributed by atoms with Gasteiger partial charge >= 0.3 is 5.97 Å². The molecule has 0 unspecified atom stereocenters. The normalized spacial score (nSPS) is 19.1. The van der Waals surface area contributed by atoms with Crippen molar-refractivity contribution in [1.82, 2.24) is 0 Å². The van der Waals surface area contributed by atoms with E-state index in [0.29, 0.717) is 6.42 Å². The van der Waals surface area contributed by atoms with Crippen LogP contribution in [0.15, 0.2) is 0 Å². The molecule has 0 heterocycles. The van der Waals surface area contributed by atoms with Crippen LogP contribution in [-0.4, -0.2) is 25.0 Å². The van der Waals surface area contributed by atoms with Crippen molar-refractivity contribution in [3.05, 3.63) is 0 Å². The molecule has 0 radical (unpaired) electrons. The summed E-state index contributed by atoms with van der Waals surface area (Å²) < 4.78 is 6.66. The molecule has 1 fully saturated rings. The zero-order valence-electron chi connectivity index (χ0n) is 12.1. The number of carboxylic acids is 1. The van der Waals surface area contributed by atoms with Crippen LogP contribution >= 0.6 is 0 Å². The van der Waals surface area contributed by atoms with Crippen molar-refractivity contribution in [3.8, 4) is 0 Å². The second-order valence-electron chi connectivity index (χ2n) is 5.63. The second kappa shape index (κ2) is 6.71. The summed E-state index contributed by atoms with van der Waals surface area (Å²) in [4.78, 5) is 10.8. The van der Waals surface area contributed by atoms with Gasteiger partial charge in [-0.3, -0.25) is 4.79 Å². The van der Waals surface area contributed by atoms with Gasteiger partial charge in [-0.15, -0.1) is 0 Å². The highest BCUT2D eigenvalue weighted by Crippen LogP contribution is 2.41. The molecule has 106 valence electrons. The lowest BCUT2D eigenvalue weighted by molar-refractivity contribution is -0.138. The van der Waals surface area contributed by atoms with Gasteiger partial charge in [0, 0.05) is 6.42 Å². The fourth-order valence-electron chi connectivity index (χ4n) is 3.18. The van der Waals surface area contributed by atoms with E-state index in [1.54, 1.807) is 0 Å². The highest BCUT2D eigenvalue weighted by Gasteiger charge is 2.42. The minimum atomic E-state index is -1.62. The van der Waals surface area contributed by atoms with Crippen molar-refractivity contribution in [2.45, 2.75) is 83.0 Å². The van der Waals surface area contributed by atoms with Crippen molar-refractivity contribution in [1.29, 1.82) is 0 Å². The fourth-order valence-corrected chi connectivity index (χ4v) is 6.34. The Morgan fingerprint density at radius 3 is 2.06 bits per heavy atom. The van der Waals surface area contributed by atoms with Crippen molar-refractivity contribution in [3.63, 3.8) is 0 Å². The smallest absolute Gasteiger partial charge is 0.303 e. The van der Waals surface area contributed by atoms with Crippen molar-refractivity contribution in [2.75, 3.05) is 0 Å². The molecule has 4 heteroatoms. The number of aliphatic carboxylic acids is 1. The Morgan fingerprint density at radius 1 is 1.17 bits per heavy atom. The maximum absolute atomic E-state index is 10.8. The van der Waals surface area contributed by atoms with E-state index in [4.69, 9.17) is 9.53 Å². The van der Waals surface area contributed by atoms with E-state index in [0.717, 1.165) is 31.0 Å². The molecule has 1 aliphatic rings. The van der Waals surface area contributed by atoms with Crippen LogP contribution < -0.4 is 0 Å². The third kappa shape index (κ3) is 3.82. The summed E-state index contributed by atoms with van der Waals surface area (Å²) in [6, 6.07) is 3.44. The highest BCUT2D eigenvalue weighted by atomic mass is 28.4. The van der Waals surface area contributed by atoms with Crippen LogP contribution in [-0.2, 0) is 9.22 Å². The van der Waals surface area contributed by atoms with E-state index in [1.165, 1.54) is 12.8 Å². The molecule has 3 nitrogen and oxygen atoms in total. The third-order valence-electron chi connectivity index (χ3n) is 4.68. The van der Waals surface area contributed by atoms with Crippen LogP contribution in [0.2, 0.25) is 18.1 Å². The minimum Gasteiger partial charge on any atom is -0.481 e. The summed E-state index contributed by atoms with van der Waals surface area (Å²) in [6.07, 6.45) is 5.48. The van der Waals surface area contributed by atoms with E-state index in [2.05, 4.69) is 20.8 Å². The topological polar surface area (TPSA) is 46.5 Å². The van der Waals surface area contributed by atoms with E-state index in [-0.39, 0.29) is 12.0 Å². The second-order valence-corrected chi connectivity index (χ2v) is 10.3. The Kier molecular flexibility index (Phi) is 5.85. The van der Waals surface area contributed by atoms with Gasteiger partial charge in [0.2, 0.25) is 0 Å².